The molecule has 0 amide bonds. The van der Waals surface area contributed by atoms with Crippen molar-refractivity contribution in [3.8, 4) is 0 Å². The van der Waals surface area contributed by atoms with Gasteiger partial charge in [0, 0.05) is 6.42 Å². The number of halogens is 3. The molecular formula is C10H8F3N3. The van der Waals surface area contributed by atoms with Crippen molar-refractivity contribution < 1.29 is 13.2 Å². The van der Waals surface area contributed by atoms with Crippen LogP contribution in [0.25, 0.3) is 0 Å². The highest BCUT2D eigenvalue weighted by atomic mass is 19.4. The van der Waals surface area contributed by atoms with Crippen LogP contribution in [0.2, 0.25) is 0 Å². The zero-order valence-corrected chi connectivity index (χ0v) is 8.12. The van der Waals surface area contributed by atoms with Gasteiger partial charge in [-0.3, -0.25) is 5.10 Å². The van der Waals surface area contributed by atoms with Crippen molar-refractivity contribution in [2.75, 3.05) is 0 Å². The molecule has 0 aliphatic heterocycles. The van der Waals surface area contributed by atoms with Gasteiger partial charge < -0.3 is 0 Å². The molecule has 0 spiro atoms. The number of benzene rings is 1. The lowest BCUT2D eigenvalue weighted by atomic mass is 10.1. The monoisotopic (exact) mass is 227 g/mol. The Balaban J connectivity index is 2.23. The van der Waals surface area contributed by atoms with Crippen LogP contribution in [0.5, 0.6) is 0 Å². The molecule has 0 bridgehead atoms. The largest absolute Gasteiger partial charge is 0.416 e. The van der Waals surface area contributed by atoms with Gasteiger partial charge in [-0.25, -0.2) is 4.98 Å². The zero-order valence-electron chi connectivity index (χ0n) is 8.12. The Labute approximate surface area is 89.3 Å². The molecule has 2 aromatic rings. The van der Waals surface area contributed by atoms with E-state index in [1.165, 1.54) is 12.4 Å². The van der Waals surface area contributed by atoms with Crippen LogP contribution >= 0.6 is 0 Å². The molecule has 0 radical (unpaired) electrons. The summed E-state index contributed by atoms with van der Waals surface area (Å²) in [5.41, 5.74) is -0.101. The Hall–Kier alpha value is -1.85. The van der Waals surface area contributed by atoms with E-state index in [1.807, 2.05) is 0 Å². The minimum absolute atomic E-state index is 0.309. The van der Waals surface area contributed by atoms with Gasteiger partial charge in [0.2, 0.25) is 0 Å². The highest BCUT2D eigenvalue weighted by Gasteiger charge is 2.30. The molecule has 84 valence electrons. The number of rotatable bonds is 2. The molecule has 2 rings (SSSR count). The molecule has 0 fully saturated rings. The van der Waals surface area contributed by atoms with E-state index in [-0.39, 0.29) is 0 Å². The van der Waals surface area contributed by atoms with Gasteiger partial charge in [-0.15, -0.1) is 0 Å². The van der Waals surface area contributed by atoms with Crippen LogP contribution in [-0.2, 0) is 12.6 Å². The summed E-state index contributed by atoms with van der Waals surface area (Å²) in [4.78, 5) is 3.86. The van der Waals surface area contributed by atoms with Gasteiger partial charge in [-0.05, 0) is 11.6 Å². The first-order chi connectivity index (χ1) is 7.55. The van der Waals surface area contributed by atoms with Crippen molar-refractivity contribution in [1.29, 1.82) is 0 Å². The molecule has 0 aliphatic carbocycles. The van der Waals surface area contributed by atoms with Crippen molar-refractivity contribution in [2.45, 2.75) is 12.6 Å². The Morgan fingerprint density at radius 1 is 1.25 bits per heavy atom. The molecule has 3 nitrogen and oxygen atoms in total. The number of nitrogens with zero attached hydrogens (tertiary/aromatic N) is 2. The first-order valence-electron chi connectivity index (χ1n) is 4.56. The number of aromatic amines is 1. The smallest absolute Gasteiger partial charge is 0.263 e. The lowest BCUT2D eigenvalue weighted by Gasteiger charge is -2.07. The van der Waals surface area contributed by atoms with E-state index in [9.17, 15) is 13.2 Å². The number of hydrogen-bond donors (Lipinski definition) is 1. The van der Waals surface area contributed by atoms with Crippen molar-refractivity contribution in [3.63, 3.8) is 0 Å². The van der Waals surface area contributed by atoms with E-state index in [1.54, 1.807) is 6.07 Å². The maximum Gasteiger partial charge on any atom is 0.416 e. The highest BCUT2D eigenvalue weighted by molar-refractivity contribution is 5.27. The molecule has 0 unspecified atom stereocenters. The van der Waals surface area contributed by atoms with Gasteiger partial charge in [0.25, 0.3) is 0 Å². The lowest BCUT2D eigenvalue weighted by molar-refractivity contribution is -0.137. The fourth-order valence-corrected chi connectivity index (χ4v) is 1.37. The molecule has 0 aliphatic rings. The molecule has 1 heterocycles. The lowest BCUT2D eigenvalue weighted by Crippen LogP contribution is -2.05. The molecule has 16 heavy (non-hydrogen) atoms. The van der Waals surface area contributed by atoms with Crippen LogP contribution in [0, 0.1) is 0 Å². The summed E-state index contributed by atoms with van der Waals surface area (Å²) in [6.07, 6.45) is -2.68. The SMILES string of the molecule is FC(F)(F)c1cccc(Cc2ncn[nH]2)c1. The Morgan fingerprint density at radius 2 is 2.06 bits per heavy atom. The molecule has 0 saturated heterocycles. The quantitative estimate of drug-likeness (QED) is 0.855. The van der Waals surface area contributed by atoms with Gasteiger partial charge in [0.05, 0.1) is 5.56 Å². The minimum Gasteiger partial charge on any atom is -0.263 e. The third kappa shape index (κ3) is 2.39. The van der Waals surface area contributed by atoms with E-state index < -0.39 is 11.7 Å². The van der Waals surface area contributed by atoms with Gasteiger partial charge in [-0.1, -0.05) is 18.2 Å². The van der Waals surface area contributed by atoms with Gasteiger partial charge in [0.15, 0.2) is 0 Å². The second-order valence-corrected chi connectivity index (χ2v) is 3.31. The van der Waals surface area contributed by atoms with Gasteiger partial charge in [-0.2, -0.15) is 18.3 Å². The van der Waals surface area contributed by atoms with E-state index in [2.05, 4.69) is 15.2 Å². The van der Waals surface area contributed by atoms with Crippen LogP contribution in [0.1, 0.15) is 17.0 Å². The molecule has 0 saturated carbocycles. The van der Waals surface area contributed by atoms with E-state index >= 15 is 0 Å². The maximum atomic E-state index is 12.4. The molecule has 0 atom stereocenters. The summed E-state index contributed by atoms with van der Waals surface area (Å²) in [5.74, 6) is 0.541. The summed E-state index contributed by atoms with van der Waals surface area (Å²) in [7, 11) is 0. The van der Waals surface area contributed by atoms with E-state index in [0.717, 1.165) is 12.1 Å². The van der Waals surface area contributed by atoms with Gasteiger partial charge >= 0.3 is 6.18 Å². The van der Waals surface area contributed by atoms with Crippen LogP contribution in [0.3, 0.4) is 0 Å². The van der Waals surface area contributed by atoms with Crippen LogP contribution in [-0.4, -0.2) is 15.2 Å². The van der Waals surface area contributed by atoms with E-state index in [4.69, 9.17) is 0 Å². The van der Waals surface area contributed by atoms with Crippen molar-refractivity contribution in [3.05, 3.63) is 47.5 Å². The number of H-pyrrole nitrogens is 1. The predicted octanol–water partition coefficient (Wildman–Crippen LogP) is 2.41. The topological polar surface area (TPSA) is 41.6 Å². The maximum absolute atomic E-state index is 12.4. The summed E-state index contributed by atoms with van der Waals surface area (Å²) in [6.45, 7) is 0. The van der Waals surface area contributed by atoms with Crippen LogP contribution in [0.4, 0.5) is 13.2 Å². The predicted molar refractivity (Wildman–Crippen MR) is 50.6 cm³/mol. The van der Waals surface area contributed by atoms with Crippen LogP contribution in [0.15, 0.2) is 30.6 Å². The van der Waals surface area contributed by atoms with Crippen LogP contribution < -0.4 is 0 Å². The molecular weight excluding hydrogens is 219 g/mol. The zero-order chi connectivity index (χ0) is 11.6. The fraction of sp³-hybridized carbons (Fsp3) is 0.200. The first-order valence-corrected chi connectivity index (χ1v) is 4.56. The summed E-state index contributed by atoms with van der Waals surface area (Å²) < 4.78 is 37.2. The third-order valence-corrected chi connectivity index (χ3v) is 2.09. The number of nitrogens with one attached hydrogen (secondary N) is 1. The number of aromatic nitrogens is 3. The Morgan fingerprint density at radius 3 is 2.69 bits per heavy atom. The summed E-state index contributed by atoms with van der Waals surface area (Å²) in [6, 6.07) is 5.17. The average Bonchev–Trinajstić information content (AvgIpc) is 2.70. The molecule has 1 aromatic carbocycles. The average molecular weight is 227 g/mol. The third-order valence-electron chi connectivity index (χ3n) is 2.09. The second-order valence-electron chi connectivity index (χ2n) is 3.31. The first kappa shape index (κ1) is 10.7. The number of hydrogen-bond acceptors (Lipinski definition) is 2. The van der Waals surface area contributed by atoms with Gasteiger partial charge in [0.1, 0.15) is 12.2 Å². The summed E-state index contributed by atoms with van der Waals surface area (Å²) in [5, 5.41) is 6.23. The van der Waals surface area contributed by atoms with Crippen molar-refractivity contribution >= 4 is 0 Å². The van der Waals surface area contributed by atoms with E-state index in [0.29, 0.717) is 17.8 Å². The normalized spacial score (nSPS) is 11.7. The van der Waals surface area contributed by atoms with Crippen molar-refractivity contribution in [1.82, 2.24) is 15.2 Å². The minimum atomic E-state index is -4.31. The fourth-order valence-electron chi connectivity index (χ4n) is 1.37. The second kappa shape index (κ2) is 3.96. The van der Waals surface area contributed by atoms with Crippen molar-refractivity contribution in [2.24, 2.45) is 0 Å². The number of alkyl halides is 3. The highest BCUT2D eigenvalue weighted by Crippen LogP contribution is 2.29. The standard InChI is InChI=1S/C10H8F3N3/c11-10(12,13)8-3-1-2-7(4-8)5-9-14-6-15-16-9/h1-4,6H,5H2,(H,14,15,16). The Kier molecular flexibility index (Phi) is 2.64. The molecule has 1 aromatic heterocycles. The molecule has 6 heteroatoms. The Bertz CT molecular complexity index is 462. The summed E-state index contributed by atoms with van der Waals surface area (Å²) >= 11 is 0. The molecule has 1 N–H and O–H groups in total.